The Balaban J connectivity index is 1.91. The number of thiophene rings is 1. The maximum Gasteiger partial charge on any atom is 0.172 e. The van der Waals surface area contributed by atoms with Gasteiger partial charge in [-0.1, -0.05) is 30.3 Å². The minimum atomic E-state index is -0.155. The summed E-state index contributed by atoms with van der Waals surface area (Å²) in [6, 6.07) is 9.68. The van der Waals surface area contributed by atoms with Crippen molar-refractivity contribution in [1.82, 2.24) is 19.9 Å². The molecule has 0 aliphatic heterocycles. The van der Waals surface area contributed by atoms with Gasteiger partial charge in [0.25, 0.3) is 0 Å². The molecule has 0 unspecified atom stereocenters. The van der Waals surface area contributed by atoms with Crippen LogP contribution in [0.2, 0.25) is 0 Å². The zero-order valence-corrected chi connectivity index (χ0v) is 16.5. The molecule has 1 aromatic carbocycles. The number of nitrogens with zero attached hydrogens (tertiary/aromatic N) is 4. The molecule has 4 rings (SSSR count). The molecule has 0 atom stereocenters. The number of nitrogens with two attached hydrogens (primary N) is 2. The summed E-state index contributed by atoms with van der Waals surface area (Å²) in [5.41, 5.74) is 15.0. The highest BCUT2D eigenvalue weighted by atomic mass is 32.1. The molecular formula is C20H18N6OS. The Bertz CT molecular complexity index is 1210. The third-order valence-electron chi connectivity index (χ3n) is 4.52. The topological polar surface area (TPSA) is 121 Å². The fraction of sp³-hybridized carbons (Fsp3) is 0.150. The number of carbonyl (C=O) groups excluding carboxylic acids is 1. The molecule has 0 saturated carbocycles. The number of anilines is 2. The van der Waals surface area contributed by atoms with Crippen molar-refractivity contribution in [3.05, 3.63) is 47.2 Å². The summed E-state index contributed by atoms with van der Waals surface area (Å²) in [4.78, 5) is 31.4. The van der Waals surface area contributed by atoms with E-state index in [1.54, 1.807) is 6.92 Å². The summed E-state index contributed by atoms with van der Waals surface area (Å²) in [6.45, 7) is 5.14. The highest BCUT2D eigenvalue weighted by molar-refractivity contribution is 7.22. The van der Waals surface area contributed by atoms with Crippen molar-refractivity contribution in [3.63, 3.8) is 0 Å². The molecule has 4 N–H and O–H groups in total. The van der Waals surface area contributed by atoms with Gasteiger partial charge in [-0.3, -0.25) is 4.79 Å². The number of ketones is 1. The first-order valence-corrected chi connectivity index (χ1v) is 9.46. The van der Waals surface area contributed by atoms with Gasteiger partial charge in [0, 0.05) is 5.56 Å². The Labute approximate surface area is 165 Å². The van der Waals surface area contributed by atoms with E-state index >= 15 is 0 Å². The van der Waals surface area contributed by atoms with Crippen LogP contribution in [0.25, 0.3) is 32.3 Å². The smallest absolute Gasteiger partial charge is 0.172 e. The normalized spacial score (nSPS) is 11.1. The number of rotatable bonds is 3. The second kappa shape index (κ2) is 6.65. The monoisotopic (exact) mass is 390 g/mol. The molecule has 0 fully saturated rings. The number of hydrogen-bond donors (Lipinski definition) is 2. The van der Waals surface area contributed by atoms with E-state index in [0.717, 1.165) is 26.2 Å². The molecule has 7 nitrogen and oxygen atoms in total. The summed E-state index contributed by atoms with van der Waals surface area (Å²) >= 11 is 1.44. The van der Waals surface area contributed by atoms with E-state index in [1.165, 1.54) is 18.3 Å². The van der Waals surface area contributed by atoms with Crippen LogP contribution < -0.4 is 11.5 Å². The Morgan fingerprint density at radius 2 is 1.61 bits per heavy atom. The lowest BCUT2D eigenvalue weighted by Gasteiger charge is -2.07. The van der Waals surface area contributed by atoms with E-state index in [-0.39, 0.29) is 11.6 Å². The molecule has 0 saturated heterocycles. The molecule has 0 aliphatic carbocycles. The standard InChI is InChI=1S/C20H18N6OS/c1-9-13-16(21)24-18(12-7-5-4-6-8-12)26-20(13)28-15(9)19-23-10(2)14(11(3)27)17(22)25-19/h4-8H,1-3H3,(H2,21,24,26)(H2,22,23,25). The van der Waals surface area contributed by atoms with Gasteiger partial charge >= 0.3 is 0 Å². The molecule has 0 amide bonds. The van der Waals surface area contributed by atoms with Crippen LogP contribution in [0.5, 0.6) is 0 Å². The van der Waals surface area contributed by atoms with Gasteiger partial charge in [-0.2, -0.15) is 0 Å². The predicted molar refractivity (Wildman–Crippen MR) is 112 cm³/mol. The molecule has 3 aromatic heterocycles. The van der Waals surface area contributed by atoms with Gasteiger partial charge in [-0.15, -0.1) is 11.3 Å². The predicted octanol–water partition coefficient (Wildman–Crippen LogP) is 3.80. The number of nitrogen functional groups attached to an aromatic ring is 2. The van der Waals surface area contributed by atoms with Crippen LogP contribution in [0.3, 0.4) is 0 Å². The molecule has 3 heterocycles. The quantitative estimate of drug-likeness (QED) is 0.510. The van der Waals surface area contributed by atoms with Crippen LogP contribution >= 0.6 is 11.3 Å². The first-order valence-electron chi connectivity index (χ1n) is 8.64. The number of hydrogen-bond acceptors (Lipinski definition) is 8. The first-order chi connectivity index (χ1) is 13.4. The average molecular weight is 390 g/mol. The average Bonchev–Trinajstić information content (AvgIpc) is 2.98. The number of aromatic nitrogens is 4. The zero-order valence-electron chi connectivity index (χ0n) is 15.6. The second-order valence-corrected chi connectivity index (χ2v) is 7.48. The van der Waals surface area contributed by atoms with E-state index in [1.807, 2.05) is 37.3 Å². The van der Waals surface area contributed by atoms with Crippen molar-refractivity contribution in [2.24, 2.45) is 0 Å². The summed E-state index contributed by atoms with van der Waals surface area (Å²) in [7, 11) is 0. The third-order valence-corrected chi connectivity index (χ3v) is 5.70. The zero-order chi connectivity index (χ0) is 20.0. The largest absolute Gasteiger partial charge is 0.383 e. The summed E-state index contributed by atoms with van der Waals surface area (Å²) in [6.07, 6.45) is 0. The van der Waals surface area contributed by atoms with E-state index in [4.69, 9.17) is 16.5 Å². The fourth-order valence-corrected chi connectivity index (χ4v) is 4.35. The van der Waals surface area contributed by atoms with Crippen molar-refractivity contribution in [2.45, 2.75) is 20.8 Å². The second-order valence-electron chi connectivity index (χ2n) is 6.48. The lowest BCUT2D eigenvalue weighted by molar-refractivity contribution is 0.101. The molecular weight excluding hydrogens is 372 g/mol. The highest BCUT2D eigenvalue weighted by Gasteiger charge is 2.21. The number of Topliss-reactive ketones (excluding diaryl/α,β-unsaturated/α-hetero) is 1. The Morgan fingerprint density at radius 1 is 0.929 bits per heavy atom. The lowest BCUT2D eigenvalue weighted by Crippen LogP contribution is -2.08. The molecule has 0 spiro atoms. The van der Waals surface area contributed by atoms with E-state index < -0.39 is 0 Å². The Hall–Kier alpha value is -3.39. The van der Waals surface area contributed by atoms with E-state index in [0.29, 0.717) is 28.7 Å². The van der Waals surface area contributed by atoms with E-state index in [2.05, 4.69) is 15.0 Å². The van der Waals surface area contributed by atoms with Crippen LogP contribution in [0.15, 0.2) is 30.3 Å². The molecule has 28 heavy (non-hydrogen) atoms. The van der Waals surface area contributed by atoms with Crippen LogP contribution in [-0.2, 0) is 0 Å². The molecule has 0 bridgehead atoms. The minimum absolute atomic E-state index is 0.155. The third kappa shape index (κ3) is 2.87. The number of carbonyl (C=O) groups is 1. The summed E-state index contributed by atoms with van der Waals surface area (Å²) in [5, 5.41) is 0.787. The Kier molecular flexibility index (Phi) is 4.27. The van der Waals surface area contributed by atoms with Gasteiger partial charge in [0.05, 0.1) is 21.5 Å². The van der Waals surface area contributed by atoms with Crippen molar-refractivity contribution in [3.8, 4) is 22.1 Å². The summed E-state index contributed by atoms with van der Waals surface area (Å²) < 4.78 is 0. The first kappa shape index (κ1) is 18.0. The van der Waals surface area contributed by atoms with Gasteiger partial charge in [-0.05, 0) is 26.3 Å². The fourth-order valence-electron chi connectivity index (χ4n) is 3.23. The molecule has 140 valence electrons. The van der Waals surface area contributed by atoms with Gasteiger partial charge in [0.1, 0.15) is 16.5 Å². The van der Waals surface area contributed by atoms with Crippen molar-refractivity contribution in [1.29, 1.82) is 0 Å². The van der Waals surface area contributed by atoms with Crippen LogP contribution in [-0.4, -0.2) is 25.7 Å². The van der Waals surface area contributed by atoms with Gasteiger partial charge in [0.2, 0.25) is 0 Å². The van der Waals surface area contributed by atoms with E-state index in [9.17, 15) is 4.79 Å². The molecule has 0 aliphatic rings. The van der Waals surface area contributed by atoms with Crippen molar-refractivity contribution >= 4 is 39.0 Å². The molecule has 4 aromatic rings. The maximum absolute atomic E-state index is 11.8. The van der Waals surface area contributed by atoms with Gasteiger partial charge < -0.3 is 11.5 Å². The van der Waals surface area contributed by atoms with Crippen LogP contribution in [0, 0.1) is 13.8 Å². The molecule has 0 radical (unpaired) electrons. The SMILES string of the molecule is CC(=O)c1c(C)nc(-c2sc3nc(-c4ccccc4)nc(N)c3c2C)nc1N. The molecule has 8 heteroatoms. The van der Waals surface area contributed by atoms with Crippen molar-refractivity contribution in [2.75, 3.05) is 11.5 Å². The lowest BCUT2D eigenvalue weighted by atomic mass is 10.1. The van der Waals surface area contributed by atoms with Crippen molar-refractivity contribution < 1.29 is 4.79 Å². The van der Waals surface area contributed by atoms with Crippen LogP contribution in [0.1, 0.15) is 28.5 Å². The summed E-state index contributed by atoms with van der Waals surface area (Å²) in [5.74, 6) is 1.46. The minimum Gasteiger partial charge on any atom is -0.383 e. The highest BCUT2D eigenvalue weighted by Crippen LogP contribution is 2.39. The number of fused-ring (bicyclic) bond motifs is 1. The Morgan fingerprint density at radius 3 is 2.25 bits per heavy atom. The number of aryl methyl sites for hydroxylation is 2. The van der Waals surface area contributed by atoms with Gasteiger partial charge in [0.15, 0.2) is 17.4 Å². The maximum atomic E-state index is 11.8. The number of benzene rings is 1. The van der Waals surface area contributed by atoms with Gasteiger partial charge in [-0.25, -0.2) is 19.9 Å². The van der Waals surface area contributed by atoms with Crippen LogP contribution in [0.4, 0.5) is 11.6 Å².